The Bertz CT molecular complexity index is 357. The van der Waals surface area contributed by atoms with E-state index in [4.69, 9.17) is 5.73 Å². The van der Waals surface area contributed by atoms with Crippen molar-refractivity contribution in [3.8, 4) is 0 Å². The third kappa shape index (κ3) is 5.46. The maximum atomic E-state index is 11.7. The summed E-state index contributed by atoms with van der Waals surface area (Å²) in [5.74, 6) is 1.47. The number of hydrogen-bond donors (Lipinski definition) is 1. The van der Waals surface area contributed by atoms with Crippen LogP contribution in [-0.2, 0) is 20.8 Å². The molecule has 5 nitrogen and oxygen atoms in total. The highest BCUT2D eigenvalue weighted by atomic mass is 32.2. The predicted octanol–water partition coefficient (Wildman–Crippen LogP) is -0.244. The summed E-state index contributed by atoms with van der Waals surface area (Å²) >= 11 is 0. The number of rotatable bonds is 6. The SMILES string of the molecule is CS(=O)(=O)N1CCCC(CS(=O)CCCN)C1. The van der Waals surface area contributed by atoms with Crippen LogP contribution in [0.2, 0.25) is 0 Å². The van der Waals surface area contributed by atoms with E-state index in [0.29, 0.717) is 31.1 Å². The first-order chi connectivity index (χ1) is 7.93. The van der Waals surface area contributed by atoms with E-state index in [0.717, 1.165) is 19.3 Å². The van der Waals surface area contributed by atoms with Crippen molar-refractivity contribution < 1.29 is 12.6 Å². The molecular weight excluding hydrogens is 260 g/mol. The standard InChI is InChI=1S/C10H22N2O3S2/c1-17(14,15)12-6-2-4-10(8-12)9-16(13)7-3-5-11/h10H,2-9,11H2,1H3. The topological polar surface area (TPSA) is 80.5 Å². The summed E-state index contributed by atoms with van der Waals surface area (Å²) in [5, 5.41) is 0. The van der Waals surface area contributed by atoms with Crippen LogP contribution < -0.4 is 5.73 Å². The Morgan fingerprint density at radius 2 is 2.18 bits per heavy atom. The number of nitrogens with zero attached hydrogens (tertiary/aromatic N) is 1. The first-order valence-electron chi connectivity index (χ1n) is 5.93. The minimum absolute atomic E-state index is 0.233. The Hall–Kier alpha value is 0.0200. The average Bonchev–Trinajstić information content (AvgIpc) is 2.25. The zero-order valence-electron chi connectivity index (χ0n) is 10.3. The van der Waals surface area contributed by atoms with Crippen LogP contribution in [0, 0.1) is 5.92 Å². The van der Waals surface area contributed by atoms with Crippen LogP contribution in [0.25, 0.3) is 0 Å². The molecule has 2 unspecified atom stereocenters. The van der Waals surface area contributed by atoms with Crippen molar-refractivity contribution in [2.45, 2.75) is 19.3 Å². The summed E-state index contributed by atoms with van der Waals surface area (Å²) in [6, 6.07) is 0. The van der Waals surface area contributed by atoms with E-state index in [1.807, 2.05) is 0 Å². The van der Waals surface area contributed by atoms with Crippen LogP contribution in [0.1, 0.15) is 19.3 Å². The quantitative estimate of drug-likeness (QED) is 0.729. The highest BCUT2D eigenvalue weighted by Crippen LogP contribution is 2.19. The molecule has 1 heterocycles. The van der Waals surface area contributed by atoms with Gasteiger partial charge in [0, 0.05) is 35.4 Å². The zero-order chi connectivity index (χ0) is 12.9. The molecule has 0 saturated carbocycles. The van der Waals surface area contributed by atoms with Gasteiger partial charge in [0.05, 0.1) is 6.26 Å². The van der Waals surface area contributed by atoms with Crippen molar-refractivity contribution in [1.29, 1.82) is 0 Å². The Labute approximate surface area is 106 Å². The van der Waals surface area contributed by atoms with Gasteiger partial charge in [-0.1, -0.05) is 0 Å². The molecule has 0 aromatic heterocycles. The molecule has 1 fully saturated rings. The third-order valence-electron chi connectivity index (χ3n) is 2.95. The van der Waals surface area contributed by atoms with Crippen LogP contribution in [0.5, 0.6) is 0 Å². The largest absolute Gasteiger partial charge is 0.330 e. The van der Waals surface area contributed by atoms with Crippen molar-refractivity contribution in [2.24, 2.45) is 11.7 Å². The van der Waals surface area contributed by atoms with Crippen molar-refractivity contribution in [2.75, 3.05) is 37.4 Å². The lowest BCUT2D eigenvalue weighted by molar-refractivity contribution is 0.285. The normalized spacial score (nSPS) is 24.7. The molecule has 0 aliphatic carbocycles. The smallest absolute Gasteiger partial charge is 0.211 e. The van der Waals surface area contributed by atoms with Crippen LogP contribution in [0.4, 0.5) is 0 Å². The average molecular weight is 282 g/mol. The molecule has 0 bridgehead atoms. The second-order valence-corrected chi connectivity index (χ2v) is 8.19. The Kier molecular flexibility index (Phi) is 6.05. The van der Waals surface area contributed by atoms with Crippen LogP contribution in [0.3, 0.4) is 0 Å². The minimum Gasteiger partial charge on any atom is -0.330 e. The molecule has 0 amide bonds. The molecular formula is C10H22N2O3S2. The first-order valence-corrected chi connectivity index (χ1v) is 9.27. The predicted molar refractivity (Wildman–Crippen MR) is 70.7 cm³/mol. The Morgan fingerprint density at radius 1 is 1.47 bits per heavy atom. The van der Waals surface area contributed by atoms with E-state index in [2.05, 4.69) is 0 Å². The van der Waals surface area contributed by atoms with Gasteiger partial charge in [-0.05, 0) is 31.7 Å². The molecule has 0 spiro atoms. The van der Waals surface area contributed by atoms with Gasteiger partial charge in [0.25, 0.3) is 0 Å². The van der Waals surface area contributed by atoms with Gasteiger partial charge in [-0.2, -0.15) is 0 Å². The molecule has 1 rings (SSSR count). The molecule has 0 aromatic carbocycles. The van der Waals surface area contributed by atoms with Gasteiger partial charge < -0.3 is 5.73 Å². The van der Waals surface area contributed by atoms with E-state index in [1.165, 1.54) is 10.6 Å². The summed E-state index contributed by atoms with van der Waals surface area (Å²) in [4.78, 5) is 0. The van der Waals surface area contributed by atoms with E-state index >= 15 is 0 Å². The maximum absolute atomic E-state index is 11.7. The fraction of sp³-hybridized carbons (Fsp3) is 1.00. The summed E-state index contributed by atoms with van der Waals surface area (Å²) in [6.45, 7) is 1.68. The number of nitrogens with two attached hydrogens (primary N) is 1. The van der Waals surface area contributed by atoms with Gasteiger partial charge in [0.1, 0.15) is 0 Å². The Balaban J connectivity index is 2.42. The van der Waals surface area contributed by atoms with Crippen molar-refractivity contribution in [3.05, 3.63) is 0 Å². The minimum atomic E-state index is -3.10. The molecule has 2 atom stereocenters. The molecule has 102 valence electrons. The molecule has 1 aliphatic rings. The van der Waals surface area contributed by atoms with Crippen molar-refractivity contribution in [1.82, 2.24) is 4.31 Å². The monoisotopic (exact) mass is 282 g/mol. The summed E-state index contributed by atoms with van der Waals surface area (Å²) in [7, 11) is -3.96. The van der Waals surface area contributed by atoms with Crippen molar-refractivity contribution >= 4 is 20.8 Å². The second-order valence-electron chi connectivity index (χ2n) is 4.58. The highest BCUT2D eigenvalue weighted by Gasteiger charge is 2.26. The lowest BCUT2D eigenvalue weighted by Gasteiger charge is -2.30. The molecule has 7 heteroatoms. The highest BCUT2D eigenvalue weighted by molar-refractivity contribution is 7.88. The van der Waals surface area contributed by atoms with Crippen molar-refractivity contribution in [3.63, 3.8) is 0 Å². The van der Waals surface area contributed by atoms with Gasteiger partial charge in [-0.3, -0.25) is 4.21 Å². The molecule has 0 aromatic rings. The van der Waals surface area contributed by atoms with E-state index in [-0.39, 0.29) is 5.92 Å². The van der Waals surface area contributed by atoms with Gasteiger partial charge >= 0.3 is 0 Å². The van der Waals surface area contributed by atoms with E-state index in [9.17, 15) is 12.6 Å². The van der Waals surface area contributed by atoms with Gasteiger partial charge in [0.2, 0.25) is 10.0 Å². The maximum Gasteiger partial charge on any atom is 0.211 e. The van der Waals surface area contributed by atoms with Crippen LogP contribution in [0.15, 0.2) is 0 Å². The number of sulfonamides is 1. The van der Waals surface area contributed by atoms with E-state index in [1.54, 1.807) is 0 Å². The zero-order valence-corrected chi connectivity index (χ0v) is 11.9. The first kappa shape index (κ1) is 15.1. The second kappa shape index (κ2) is 6.82. The summed E-state index contributed by atoms with van der Waals surface area (Å²) in [6.07, 6.45) is 3.85. The molecule has 1 saturated heterocycles. The molecule has 0 radical (unpaired) electrons. The van der Waals surface area contributed by atoms with Gasteiger partial charge in [0.15, 0.2) is 0 Å². The Morgan fingerprint density at radius 3 is 2.76 bits per heavy atom. The van der Waals surface area contributed by atoms with E-state index < -0.39 is 20.8 Å². The molecule has 1 aliphatic heterocycles. The number of piperidine rings is 1. The fourth-order valence-corrected chi connectivity index (χ4v) is 4.45. The number of hydrogen-bond acceptors (Lipinski definition) is 4. The summed E-state index contributed by atoms with van der Waals surface area (Å²) in [5.41, 5.74) is 5.37. The van der Waals surface area contributed by atoms with Crippen LogP contribution >= 0.6 is 0 Å². The van der Waals surface area contributed by atoms with Crippen LogP contribution in [-0.4, -0.2) is 54.3 Å². The summed E-state index contributed by atoms with van der Waals surface area (Å²) < 4.78 is 36.1. The lowest BCUT2D eigenvalue weighted by Crippen LogP contribution is -2.40. The van der Waals surface area contributed by atoms with Gasteiger partial charge in [-0.25, -0.2) is 12.7 Å². The molecule has 17 heavy (non-hydrogen) atoms. The van der Waals surface area contributed by atoms with Gasteiger partial charge in [-0.15, -0.1) is 0 Å². The fourth-order valence-electron chi connectivity index (χ4n) is 2.05. The lowest BCUT2D eigenvalue weighted by atomic mass is 10.0. The molecule has 2 N–H and O–H groups in total. The third-order valence-corrected chi connectivity index (χ3v) is 5.81.